The number of benzene rings is 3. The van der Waals surface area contributed by atoms with Gasteiger partial charge < -0.3 is 14.8 Å². The van der Waals surface area contributed by atoms with Gasteiger partial charge in [0.2, 0.25) is 0 Å². The fourth-order valence-electron chi connectivity index (χ4n) is 3.56. The summed E-state index contributed by atoms with van der Waals surface area (Å²) in [6.45, 7) is 6.56. The zero-order valence-corrected chi connectivity index (χ0v) is 25.2. The Morgan fingerprint density at radius 3 is 2.28 bits per heavy atom. The van der Waals surface area contributed by atoms with E-state index in [0.717, 1.165) is 19.3 Å². The molecule has 0 aliphatic heterocycles. The standard InChI is InChI=1S/C28H32BrN3O5S2/c1-4-6-7-19(3)37-26-17-8-20(18-25(26)29)27(33)31-28(38)30-21-11-15-24(16-12-21)39(34,35)32-22-9-13-23(14-10-22)36-5-2/h8-19,32H,4-7H2,1-3H3,(H2,30,31,33,38). The van der Waals surface area contributed by atoms with Gasteiger partial charge in [-0.15, -0.1) is 0 Å². The van der Waals surface area contributed by atoms with Gasteiger partial charge in [-0.05, 0) is 115 Å². The van der Waals surface area contributed by atoms with Crippen molar-refractivity contribution in [2.45, 2.75) is 51.0 Å². The topological polar surface area (TPSA) is 106 Å². The first-order valence-corrected chi connectivity index (χ1v) is 15.2. The van der Waals surface area contributed by atoms with E-state index in [2.05, 4.69) is 38.2 Å². The second kappa shape index (κ2) is 14.3. The number of halogens is 1. The predicted molar refractivity (Wildman–Crippen MR) is 162 cm³/mol. The Morgan fingerprint density at radius 1 is 1.00 bits per heavy atom. The van der Waals surface area contributed by atoms with Crippen LogP contribution in [0.2, 0.25) is 0 Å². The fourth-order valence-corrected chi connectivity index (χ4v) is 5.30. The first-order valence-electron chi connectivity index (χ1n) is 12.6. The molecule has 0 heterocycles. The van der Waals surface area contributed by atoms with Crippen LogP contribution in [-0.4, -0.2) is 32.1 Å². The van der Waals surface area contributed by atoms with Crippen molar-refractivity contribution in [1.29, 1.82) is 0 Å². The predicted octanol–water partition coefficient (Wildman–Crippen LogP) is 6.73. The molecule has 0 fully saturated rings. The Bertz CT molecular complexity index is 1380. The lowest BCUT2D eigenvalue weighted by molar-refractivity contribution is 0.0977. The molecular formula is C28H32BrN3O5S2. The van der Waals surface area contributed by atoms with E-state index in [9.17, 15) is 13.2 Å². The van der Waals surface area contributed by atoms with E-state index in [0.29, 0.717) is 39.5 Å². The highest BCUT2D eigenvalue weighted by molar-refractivity contribution is 9.10. The summed E-state index contributed by atoms with van der Waals surface area (Å²) >= 11 is 8.74. The number of sulfonamides is 1. The van der Waals surface area contributed by atoms with Gasteiger partial charge in [0, 0.05) is 16.9 Å². The maximum absolute atomic E-state index is 12.7. The van der Waals surface area contributed by atoms with Crippen LogP contribution in [0.1, 0.15) is 50.4 Å². The Balaban J connectivity index is 1.56. The van der Waals surface area contributed by atoms with E-state index in [-0.39, 0.29) is 16.1 Å². The third-order valence-corrected chi connectivity index (χ3v) is 7.77. The summed E-state index contributed by atoms with van der Waals surface area (Å²) in [4.78, 5) is 12.8. The Morgan fingerprint density at radius 2 is 1.67 bits per heavy atom. The molecule has 1 atom stereocenters. The number of amides is 1. The highest BCUT2D eigenvalue weighted by Crippen LogP contribution is 2.28. The minimum atomic E-state index is -3.79. The maximum Gasteiger partial charge on any atom is 0.261 e. The second-order valence-corrected chi connectivity index (χ2v) is 11.7. The summed E-state index contributed by atoms with van der Waals surface area (Å²) in [5.74, 6) is 0.936. The summed E-state index contributed by atoms with van der Waals surface area (Å²) in [6, 6.07) is 17.8. The quantitative estimate of drug-likeness (QED) is 0.190. The molecule has 0 saturated heterocycles. The van der Waals surface area contributed by atoms with Crippen molar-refractivity contribution in [3.63, 3.8) is 0 Å². The molecule has 39 heavy (non-hydrogen) atoms. The number of hydrogen-bond acceptors (Lipinski definition) is 6. The van der Waals surface area contributed by atoms with Crippen molar-refractivity contribution in [3.8, 4) is 11.5 Å². The van der Waals surface area contributed by atoms with Gasteiger partial charge in [0.05, 0.1) is 22.1 Å². The van der Waals surface area contributed by atoms with Crippen LogP contribution in [0.25, 0.3) is 0 Å². The van der Waals surface area contributed by atoms with Gasteiger partial charge in [0.1, 0.15) is 11.5 Å². The molecule has 1 unspecified atom stereocenters. The van der Waals surface area contributed by atoms with Gasteiger partial charge in [-0.3, -0.25) is 14.8 Å². The van der Waals surface area contributed by atoms with Gasteiger partial charge in [-0.25, -0.2) is 8.42 Å². The first kappa shape index (κ1) is 30.4. The smallest absolute Gasteiger partial charge is 0.261 e. The molecule has 0 radical (unpaired) electrons. The highest BCUT2D eigenvalue weighted by Gasteiger charge is 2.16. The van der Waals surface area contributed by atoms with Crippen molar-refractivity contribution in [3.05, 3.63) is 76.8 Å². The number of nitrogens with one attached hydrogen (secondary N) is 3. The van der Waals surface area contributed by atoms with Crippen LogP contribution in [0, 0.1) is 0 Å². The number of carbonyl (C=O) groups is 1. The number of ether oxygens (including phenoxy) is 2. The van der Waals surface area contributed by atoms with Crippen molar-refractivity contribution >= 4 is 60.6 Å². The number of carbonyl (C=O) groups excluding carboxylic acids is 1. The fraction of sp³-hybridized carbons (Fsp3) is 0.286. The van der Waals surface area contributed by atoms with E-state index in [4.69, 9.17) is 21.7 Å². The van der Waals surface area contributed by atoms with Gasteiger partial charge in [0.15, 0.2) is 5.11 Å². The molecular weight excluding hydrogens is 602 g/mol. The van der Waals surface area contributed by atoms with Crippen LogP contribution in [-0.2, 0) is 10.0 Å². The van der Waals surface area contributed by atoms with Crippen LogP contribution in [0.3, 0.4) is 0 Å². The van der Waals surface area contributed by atoms with Crippen molar-refractivity contribution < 1.29 is 22.7 Å². The summed E-state index contributed by atoms with van der Waals surface area (Å²) in [7, 11) is -3.79. The summed E-state index contributed by atoms with van der Waals surface area (Å²) < 4.78 is 40.0. The normalized spacial score (nSPS) is 11.8. The van der Waals surface area contributed by atoms with E-state index in [1.807, 2.05) is 13.8 Å². The van der Waals surface area contributed by atoms with Crippen LogP contribution in [0.5, 0.6) is 11.5 Å². The molecule has 8 nitrogen and oxygen atoms in total. The monoisotopic (exact) mass is 633 g/mol. The van der Waals surface area contributed by atoms with Gasteiger partial charge in [-0.1, -0.05) is 19.8 Å². The highest BCUT2D eigenvalue weighted by atomic mass is 79.9. The molecule has 208 valence electrons. The third kappa shape index (κ3) is 9.22. The molecule has 0 saturated carbocycles. The van der Waals surface area contributed by atoms with E-state index >= 15 is 0 Å². The van der Waals surface area contributed by atoms with Crippen molar-refractivity contribution in [1.82, 2.24) is 5.32 Å². The summed E-state index contributed by atoms with van der Waals surface area (Å²) in [5, 5.41) is 5.60. The van der Waals surface area contributed by atoms with Crippen LogP contribution in [0.4, 0.5) is 11.4 Å². The SMILES string of the molecule is CCCCC(C)Oc1ccc(C(=O)NC(=S)Nc2ccc(S(=O)(=O)Nc3ccc(OCC)cc3)cc2)cc1Br. The lowest BCUT2D eigenvalue weighted by atomic mass is 10.2. The third-order valence-electron chi connectivity index (χ3n) is 5.55. The van der Waals surface area contributed by atoms with E-state index in [1.165, 1.54) is 12.1 Å². The lowest BCUT2D eigenvalue weighted by Crippen LogP contribution is -2.34. The first-order chi connectivity index (χ1) is 18.6. The van der Waals surface area contributed by atoms with Crippen molar-refractivity contribution in [2.75, 3.05) is 16.6 Å². The van der Waals surface area contributed by atoms with Crippen LogP contribution >= 0.6 is 28.1 Å². The van der Waals surface area contributed by atoms with E-state index in [1.54, 1.807) is 54.6 Å². The van der Waals surface area contributed by atoms with Crippen LogP contribution in [0.15, 0.2) is 76.1 Å². The number of rotatable bonds is 12. The molecule has 0 spiro atoms. The zero-order valence-electron chi connectivity index (χ0n) is 22.0. The molecule has 0 aliphatic rings. The van der Waals surface area contributed by atoms with Crippen molar-refractivity contribution in [2.24, 2.45) is 0 Å². The lowest BCUT2D eigenvalue weighted by Gasteiger charge is -2.16. The van der Waals surface area contributed by atoms with Gasteiger partial charge >= 0.3 is 0 Å². The Labute approximate surface area is 243 Å². The van der Waals surface area contributed by atoms with Crippen LogP contribution < -0.4 is 24.8 Å². The molecule has 0 bridgehead atoms. The molecule has 1 amide bonds. The Kier molecular flexibility index (Phi) is 11.1. The number of anilines is 2. The van der Waals surface area contributed by atoms with E-state index < -0.39 is 15.9 Å². The molecule has 0 aliphatic carbocycles. The largest absolute Gasteiger partial charge is 0.494 e. The molecule has 3 N–H and O–H groups in total. The minimum Gasteiger partial charge on any atom is -0.494 e. The summed E-state index contributed by atoms with van der Waals surface area (Å²) in [6.07, 6.45) is 3.22. The van der Waals surface area contributed by atoms with Gasteiger partial charge in [-0.2, -0.15) is 0 Å². The maximum atomic E-state index is 12.7. The molecule has 11 heteroatoms. The number of hydrogen-bond donors (Lipinski definition) is 3. The minimum absolute atomic E-state index is 0.0714. The zero-order chi connectivity index (χ0) is 28.4. The molecule has 0 aromatic heterocycles. The second-order valence-electron chi connectivity index (χ2n) is 8.71. The molecule has 3 aromatic carbocycles. The Hall–Kier alpha value is -3.15. The number of unbranched alkanes of at least 4 members (excludes halogenated alkanes) is 1. The average molecular weight is 635 g/mol. The average Bonchev–Trinajstić information content (AvgIpc) is 2.90. The molecule has 3 rings (SSSR count). The van der Waals surface area contributed by atoms with Gasteiger partial charge in [0.25, 0.3) is 15.9 Å². The summed E-state index contributed by atoms with van der Waals surface area (Å²) in [5.41, 5.74) is 1.34. The number of thiocarbonyl (C=S) groups is 1. The molecule has 3 aromatic rings.